The molecule has 0 unspecified atom stereocenters. The zero-order valence-electron chi connectivity index (χ0n) is 16.6. The van der Waals surface area contributed by atoms with Crippen LogP contribution in [0, 0.1) is 0 Å². The Morgan fingerprint density at radius 1 is 1.07 bits per heavy atom. The molecular weight excluding hydrogens is 368 g/mol. The molecule has 1 saturated heterocycles. The number of morpholine rings is 1. The smallest absolute Gasteiger partial charge is 0.290 e. The Bertz CT molecular complexity index is 1030. The van der Waals surface area contributed by atoms with Crippen LogP contribution >= 0.6 is 0 Å². The maximum absolute atomic E-state index is 13.0. The number of hydrogen-bond acceptors (Lipinski definition) is 4. The number of anilines is 1. The summed E-state index contributed by atoms with van der Waals surface area (Å²) in [7, 11) is 0. The number of carbonyl (C=O) groups excluding carboxylic acids is 2. The van der Waals surface area contributed by atoms with Crippen molar-refractivity contribution in [3.8, 4) is 0 Å². The normalized spacial score (nSPS) is 14.4. The molecule has 0 saturated carbocycles. The molecule has 0 radical (unpaired) electrons. The van der Waals surface area contributed by atoms with Crippen LogP contribution in [0.4, 0.5) is 5.69 Å². The molecule has 1 aliphatic rings. The average Bonchev–Trinajstić information content (AvgIpc) is 3.14. The van der Waals surface area contributed by atoms with Crippen molar-refractivity contribution >= 4 is 23.0 Å². The number of amides is 2. The van der Waals surface area contributed by atoms with E-state index < -0.39 is 0 Å². The molecule has 1 aliphatic heterocycles. The summed E-state index contributed by atoms with van der Waals surface area (Å²) < 4.78 is 7.00. The van der Waals surface area contributed by atoms with E-state index in [1.165, 1.54) is 5.56 Å². The third-order valence-corrected chi connectivity index (χ3v) is 5.09. The molecule has 2 aromatic heterocycles. The van der Waals surface area contributed by atoms with Crippen LogP contribution in [-0.4, -0.2) is 52.4 Å². The highest BCUT2D eigenvalue weighted by Crippen LogP contribution is 2.20. The second-order valence-electron chi connectivity index (χ2n) is 7.38. The first kappa shape index (κ1) is 19.1. The van der Waals surface area contributed by atoms with E-state index in [9.17, 15) is 9.59 Å². The molecule has 1 fully saturated rings. The Morgan fingerprint density at radius 2 is 1.79 bits per heavy atom. The topological polar surface area (TPSA) is 75.9 Å². The maximum atomic E-state index is 13.0. The average molecular weight is 392 g/mol. The van der Waals surface area contributed by atoms with Gasteiger partial charge in [0.2, 0.25) is 5.82 Å². The number of benzene rings is 1. The first-order chi connectivity index (χ1) is 14.0. The zero-order chi connectivity index (χ0) is 20.4. The van der Waals surface area contributed by atoms with Crippen molar-refractivity contribution in [1.29, 1.82) is 0 Å². The van der Waals surface area contributed by atoms with Gasteiger partial charge in [0.05, 0.1) is 18.7 Å². The second-order valence-corrected chi connectivity index (χ2v) is 7.38. The highest BCUT2D eigenvalue weighted by Gasteiger charge is 2.26. The number of nitrogens with zero attached hydrogens (tertiary/aromatic N) is 3. The molecule has 4 rings (SSSR count). The van der Waals surface area contributed by atoms with Crippen LogP contribution < -0.4 is 5.32 Å². The predicted molar refractivity (Wildman–Crippen MR) is 110 cm³/mol. The molecule has 3 heterocycles. The van der Waals surface area contributed by atoms with E-state index in [4.69, 9.17) is 4.74 Å². The summed E-state index contributed by atoms with van der Waals surface area (Å²) in [6.45, 7) is 6.30. The van der Waals surface area contributed by atoms with Gasteiger partial charge >= 0.3 is 0 Å². The number of nitrogens with one attached hydrogen (secondary N) is 1. The molecule has 1 N–H and O–H groups in total. The lowest BCUT2D eigenvalue weighted by molar-refractivity contribution is 0.0294. The summed E-state index contributed by atoms with van der Waals surface area (Å²) in [5.41, 5.74) is 2.72. The third kappa shape index (κ3) is 3.86. The molecule has 3 aromatic rings. The summed E-state index contributed by atoms with van der Waals surface area (Å²) in [6.07, 6.45) is 1.75. The van der Waals surface area contributed by atoms with Gasteiger partial charge in [-0.1, -0.05) is 32.0 Å². The third-order valence-electron chi connectivity index (χ3n) is 5.09. The van der Waals surface area contributed by atoms with E-state index in [2.05, 4.69) is 24.1 Å². The lowest BCUT2D eigenvalue weighted by Gasteiger charge is -2.26. The maximum Gasteiger partial charge on any atom is 0.290 e. The van der Waals surface area contributed by atoms with Gasteiger partial charge in [-0.25, -0.2) is 4.98 Å². The van der Waals surface area contributed by atoms with Crippen LogP contribution in [0.2, 0.25) is 0 Å². The van der Waals surface area contributed by atoms with Gasteiger partial charge in [0.1, 0.15) is 0 Å². The van der Waals surface area contributed by atoms with E-state index in [0.29, 0.717) is 43.4 Å². The highest BCUT2D eigenvalue weighted by molar-refractivity contribution is 6.08. The van der Waals surface area contributed by atoms with Gasteiger partial charge in [-0.3, -0.25) is 14.0 Å². The number of pyridine rings is 1. The molecular formula is C22H24N4O3. The second kappa shape index (κ2) is 8.05. The first-order valence-corrected chi connectivity index (χ1v) is 9.80. The van der Waals surface area contributed by atoms with Gasteiger partial charge < -0.3 is 15.0 Å². The van der Waals surface area contributed by atoms with Gasteiger partial charge in [0.25, 0.3) is 11.8 Å². The molecule has 0 spiro atoms. The molecule has 0 atom stereocenters. The van der Waals surface area contributed by atoms with Gasteiger partial charge in [-0.05, 0) is 35.7 Å². The Hall–Kier alpha value is -3.19. The predicted octanol–water partition coefficient (Wildman–Crippen LogP) is 3.18. The van der Waals surface area contributed by atoms with Crippen molar-refractivity contribution in [2.75, 3.05) is 31.6 Å². The lowest BCUT2D eigenvalue weighted by Crippen LogP contribution is -2.41. The number of rotatable bonds is 4. The van der Waals surface area contributed by atoms with E-state index in [1.54, 1.807) is 21.6 Å². The number of hydrogen-bond donors (Lipinski definition) is 1. The molecule has 0 aliphatic carbocycles. The number of aromatic nitrogens is 2. The van der Waals surface area contributed by atoms with E-state index >= 15 is 0 Å². The summed E-state index contributed by atoms with van der Waals surface area (Å²) in [5, 5.41) is 2.89. The standard InChI is InChI=1S/C22H24N4O3/c1-15(2)16-6-8-17(9-7-16)23-21(27)19-18-5-3-4-10-26(18)20(24-19)22(28)25-11-13-29-14-12-25/h3-10,15H,11-14H2,1-2H3,(H,23,27). The molecule has 1 aromatic carbocycles. The van der Waals surface area contributed by atoms with E-state index in [0.717, 1.165) is 0 Å². The quantitative estimate of drug-likeness (QED) is 0.740. The Kier molecular flexibility index (Phi) is 5.31. The van der Waals surface area contributed by atoms with Gasteiger partial charge in [-0.2, -0.15) is 0 Å². The molecule has 7 nitrogen and oxygen atoms in total. The molecule has 0 bridgehead atoms. The summed E-state index contributed by atoms with van der Waals surface area (Å²) in [5.74, 6) is 0.121. The largest absolute Gasteiger partial charge is 0.378 e. The van der Waals surface area contributed by atoms with E-state index in [1.807, 2.05) is 36.4 Å². The van der Waals surface area contributed by atoms with Crippen LogP contribution in [-0.2, 0) is 4.74 Å². The van der Waals surface area contributed by atoms with Crippen LogP contribution in [0.25, 0.3) is 5.52 Å². The van der Waals surface area contributed by atoms with Crippen molar-refractivity contribution < 1.29 is 14.3 Å². The zero-order valence-corrected chi connectivity index (χ0v) is 16.6. The minimum atomic E-state index is -0.341. The van der Waals surface area contributed by atoms with Crippen molar-refractivity contribution in [2.24, 2.45) is 0 Å². The fourth-order valence-corrected chi connectivity index (χ4v) is 3.41. The van der Waals surface area contributed by atoms with Crippen LogP contribution in [0.15, 0.2) is 48.7 Å². The van der Waals surface area contributed by atoms with Crippen LogP contribution in [0.5, 0.6) is 0 Å². The summed E-state index contributed by atoms with van der Waals surface area (Å²) >= 11 is 0. The fraction of sp³-hybridized carbons (Fsp3) is 0.318. The van der Waals surface area contributed by atoms with Crippen molar-refractivity contribution in [3.05, 3.63) is 65.7 Å². The minimum absolute atomic E-state index is 0.199. The summed E-state index contributed by atoms with van der Waals surface area (Å²) in [6, 6.07) is 13.2. The van der Waals surface area contributed by atoms with Crippen LogP contribution in [0.3, 0.4) is 0 Å². The summed E-state index contributed by atoms with van der Waals surface area (Å²) in [4.78, 5) is 32.0. The lowest BCUT2D eigenvalue weighted by atomic mass is 10.0. The molecule has 2 amide bonds. The van der Waals surface area contributed by atoms with Gasteiger partial charge in [-0.15, -0.1) is 0 Å². The van der Waals surface area contributed by atoms with Gasteiger partial charge in [0.15, 0.2) is 5.69 Å². The SMILES string of the molecule is CC(C)c1ccc(NC(=O)c2nc(C(=O)N3CCOCC3)n3ccccc23)cc1. The fourth-order valence-electron chi connectivity index (χ4n) is 3.41. The van der Waals surface area contributed by atoms with Crippen LogP contribution in [0.1, 0.15) is 46.4 Å². The monoisotopic (exact) mass is 392 g/mol. The number of ether oxygens (including phenoxy) is 1. The minimum Gasteiger partial charge on any atom is -0.378 e. The van der Waals surface area contributed by atoms with Crippen molar-refractivity contribution in [2.45, 2.75) is 19.8 Å². The Morgan fingerprint density at radius 3 is 2.48 bits per heavy atom. The van der Waals surface area contributed by atoms with Gasteiger partial charge in [0, 0.05) is 25.0 Å². The number of fused-ring (bicyclic) bond motifs is 1. The Balaban J connectivity index is 1.63. The first-order valence-electron chi connectivity index (χ1n) is 9.80. The number of imidazole rings is 1. The van der Waals surface area contributed by atoms with Crippen molar-refractivity contribution in [3.63, 3.8) is 0 Å². The molecule has 29 heavy (non-hydrogen) atoms. The Labute approximate surface area is 169 Å². The van der Waals surface area contributed by atoms with Crippen molar-refractivity contribution in [1.82, 2.24) is 14.3 Å². The van der Waals surface area contributed by atoms with E-state index in [-0.39, 0.29) is 23.3 Å². The highest BCUT2D eigenvalue weighted by atomic mass is 16.5. The molecule has 7 heteroatoms. The number of carbonyl (C=O) groups is 2. The molecule has 150 valence electrons.